The van der Waals surface area contributed by atoms with Gasteiger partial charge in [-0.3, -0.25) is 4.31 Å². The fraction of sp³-hybridized carbons (Fsp3) is 0.538. The van der Waals surface area contributed by atoms with Crippen LogP contribution >= 0.6 is 0 Å². The molecule has 0 aliphatic heterocycles. The van der Waals surface area contributed by atoms with Crippen molar-refractivity contribution in [2.45, 2.75) is 26.7 Å². The Bertz CT molecular complexity index is 510. The summed E-state index contributed by atoms with van der Waals surface area (Å²) in [6.07, 6.45) is 0. The third-order valence-corrected chi connectivity index (χ3v) is 4.77. The van der Waals surface area contributed by atoms with Crippen molar-refractivity contribution in [3.63, 3.8) is 0 Å². The Kier molecular flexibility index (Phi) is 4.76. The van der Waals surface area contributed by atoms with Gasteiger partial charge in [-0.2, -0.15) is 0 Å². The van der Waals surface area contributed by atoms with Crippen LogP contribution in [0.4, 0.5) is 5.69 Å². The summed E-state index contributed by atoms with van der Waals surface area (Å²) in [4.78, 5) is 0. The van der Waals surface area contributed by atoms with Gasteiger partial charge < -0.3 is 5.73 Å². The van der Waals surface area contributed by atoms with E-state index in [9.17, 15) is 8.42 Å². The van der Waals surface area contributed by atoms with Crippen molar-refractivity contribution < 1.29 is 8.42 Å². The van der Waals surface area contributed by atoms with Gasteiger partial charge in [0.15, 0.2) is 0 Å². The number of hydrogen-bond acceptors (Lipinski definition) is 3. The lowest BCUT2D eigenvalue weighted by atomic mass is 9.98. The minimum atomic E-state index is -3.33. The maximum Gasteiger partial charge on any atom is 0.236 e. The number of rotatable bonds is 5. The number of benzene rings is 1. The van der Waals surface area contributed by atoms with E-state index in [1.165, 1.54) is 4.31 Å². The first kappa shape index (κ1) is 15.0. The zero-order chi connectivity index (χ0) is 13.9. The molecule has 1 rings (SSSR count). The van der Waals surface area contributed by atoms with Gasteiger partial charge in [0, 0.05) is 13.6 Å². The van der Waals surface area contributed by atoms with Crippen LogP contribution in [0.25, 0.3) is 0 Å². The number of aryl methyl sites for hydroxylation is 1. The molecule has 0 saturated carbocycles. The summed E-state index contributed by atoms with van der Waals surface area (Å²) in [5.41, 5.74) is 8.14. The number of nitrogens with zero attached hydrogens (tertiary/aromatic N) is 1. The highest BCUT2D eigenvalue weighted by Gasteiger charge is 2.22. The lowest BCUT2D eigenvalue weighted by Gasteiger charge is -2.25. The summed E-state index contributed by atoms with van der Waals surface area (Å²) in [6, 6.07) is 5.86. The van der Waals surface area contributed by atoms with Crippen LogP contribution in [0.15, 0.2) is 18.2 Å². The fourth-order valence-electron chi connectivity index (χ4n) is 2.00. The van der Waals surface area contributed by atoms with Crippen LogP contribution in [-0.2, 0) is 10.0 Å². The van der Waals surface area contributed by atoms with Crippen molar-refractivity contribution in [3.8, 4) is 0 Å². The van der Waals surface area contributed by atoms with Gasteiger partial charge in [-0.15, -0.1) is 0 Å². The van der Waals surface area contributed by atoms with E-state index in [2.05, 4.69) is 13.8 Å². The van der Waals surface area contributed by atoms with E-state index in [-0.39, 0.29) is 18.2 Å². The molecule has 1 aromatic rings. The van der Waals surface area contributed by atoms with Gasteiger partial charge >= 0.3 is 0 Å². The molecular weight excluding hydrogens is 248 g/mol. The normalized spacial score (nSPS) is 11.9. The molecule has 5 heteroatoms. The lowest BCUT2D eigenvalue weighted by Crippen LogP contribution is -2.33. The first-order valence-corrected chi connectivity index (χ1v) is 7.68. The molecule has 0 bridgehead atoms. The second kappa shape index (κ2) is 5.71. The predicted octanol–water partition coefficient (Wildman–Crippen LogP) is 1.84. The van der Waals surface area contributed by atoms with Crippen molar-refractivity contribution in [1.82, 2.24) is 0 Å². The zero-order valence-corrected chi connectivity index (χ0v) is 12.3. The monoisotopic (exact) mass is 270 g/mol. The van der Waals surface area contributed by atoms with E-state index >= 15 is 0 Å². The third kappa shape index (κ3) is 3.03. The van der Waals surface area contributed by atoms with Crippen molar-refractivity contribution in [3.05, 3.63) is 29.3 Å². The SMILES string of the molecule is Cc1cccc(C(C)C)c1N(C)S(=O)(=O)CCN. The molecule has 1 aromatic carbocycles. The van der Waals surface area contributed by atoms with Crippen LogP contribution in [0, 0.1) is 6.92 Å². The van der Waals surface area contributed by atoms with E-state index in [1.54, 1.807) is 7.05 Å². The Morgan fingerprint density at radius 1 is 1.33 bits per heavy atom. The van der Waals surface area contributed by atoms with Crippen molar-refractivity contribution in [1.29, 1.82) is 0 Å². The molecule has 0 aliphatic rings. The van der Waals surface area contributed by atoms with Crippen LogP contribution in [0.5, 0.6) is 0 Å². The molecule has 0 heterocycles. The van der Waals surface area contributed by atoms with Crippen molar-refractivity contribution in [2.75, 3.05) is 23.7 Å². The van der Waals surface area contributed by atoms with Gasteiger partial charge in [0.2, 0.25) is 10.0 Å². The maximum atomic E-state index is 12.1. The Morgan fingerprint density at radius 3 is 2.44 bits per heavy atom. The molecule has 0 aliphatic carbocycles. The number of para-hydroxylation sites is 1. The topological polar surface area (TPSA) is 63.4 Å². The molecule has 0 aromatic heterocycles. The Labute approximate surface area is 110 Å². The van der Waals surface area contributed by atoms with E-state index in [0.29, 0.717) is 0 Å². The zero-order valence-electron chi connectivity index (χ0n) is 11.5. The molecule has 0 saturated heterocycles. The lowest BCUT2D eigenvalue weighted by molar-refractivity contribution is 0.594. The summed E-state index contributed by atoms with van der Waals surface area (Å²) in [5.74, 6) is 0.241. The second-order valence-electron chi connectivity index (χ2n) is 4.74. The molecule has 0 unspecified atom stereocenters. The van der Waals surface area contributed by atoms with Crippen LogP contribution in [0.2, 0.25) is 0 Å². The quantitative estimate of drug-likeness (QED) is 0.888. The summed E-state index contributed by atoms with van der Waals surface area (Å²) in [5, 5.41) is 0. The second-order valence-corrected chi connectivity index (χ2v) is 6.86. The molecular formula is C13H22N2O2S. The first-order chi connectivity index (χ1) is 8.31. The largest absolute Gasteiger partial charge is 0.329 e. The molecule has 102 valence electrons. The predicted molar refractivity (Wildman–Crippen MR) is 76.5 cm³/mol. The Morgan fingerprint density at radius 2 is 1.94 bits per heavy atom. The Balaban J connectivity index is 3.32. The summed E-state index contributed by atoms with van der Waals surface area (Å²) in [7, 11) is -1.74. The molecule has 18 heavy (non-hydrogen) atoms. The van der Waals surface area contributed by atoms with Crippen LogP contribution in [-0.4, -0.2) is 27.8 Å². The van der Waals surface area contributed by atoms with Crippen LogP contribution in [0.3, 0.4) is 0 Å². The van der Waals surface area contributed by atoms with E-state index in [4.69, 9.17) is 5.73 Å². The van der Waals surface area contributed by atoms with Gasteiger partial charge in [0.25, 0.3) is 0 Å². The standard InChI is InChI=1S/C13H22N2O2S/c1-10(2)12-7-5-6-11(3)13(12)15(4)18(16,17)9-8-14/h5-7,10H,8-9,14H2,1-4H3. The van der Waals surface area contributed by atoms with Crippen LogP contribution < -0.4 is 10.0 Å². The minimum absolute atomic E-state index is 0.0324. The third-order valence-electron chi connectivity index (χ3n) is 3.00. The molecule has 0 fully saturated rings. The van der Waals surface area contributed by atoms with Gasteiger partial charge in [0.05, 0.1) is 11.4 Å². The number of sulfonamides is 1. The molecule has 0 amide bonds. The molecule has 0 radical (unpaired) electrons. The number of nitrogens with two attached hydrogens (primary N) is 1. The first-order valence-electron chi connectivity index (χ1n) is 6.07. The van der Waals surface area contributed by atoms with Gasteiger partial charge in [-0.25, -0.2) is 8.42 Å². The summed E-state index contributed by atoms with van der Waals surface area (Å²) in [6.45, 7) is 6.18. The number of hydrogen-bond donors (Lipinski definition) is 1. The summed E-state index contributed by atoms with van der Waals surface area (Å²) < 4.78 is 25.6. The molecule has 4 nitrogen and oxygen atoms in total. The molecule has 2 N–H and O–H groups in total. The molecule has 0 spiro atoms. The van der Waals surface area contributed by atoms with E-state index in [1.807, 2.05) is 25.1 Å². The average Bonchev–Trinajstić information content (AvgIpc) is 2.27. The molecule has 0 atom stereocenters. The van der Waals surface area contributed by atoms with Crippen molar-refractivity contribution in [2.24, 2.45) is 5.73 Å². The highest BCUT2D eigenvalue weighted by atomic mass is 32.2. The summed E-state index contributed by atoms with van der Waals surface area (Å²) >= 11 is 0. The highest BCUT2D eigenvalue weighted by molar-refractivity contribution is 7.92. The van der Waals surface area contributed by atoms with Gasteiger partial charge in [-0.05, 0) is 24.0 Å². The van der Waals surface area contributed by atoms with Gasteiger partial charge in [-0.1, -0.05) is 32.0 Å². The minimum Gasteiger partial charge on any atom is -0.329 e. The average molecular weight is 270 g/mol. The fourth-order valence-corrected chi connectivity index (χ4v) is 3.10. The maximum absolute atomic E-state index is 12.1. The van der Waals surface area contributed by atoms with Crippen LogP contribution in [0.1, 0.15) is 30.9 Å². The van der Waals surface area contributed by atoms with E-state index < -0.39 is 10.0 Å². The van der Waals surface area contributed by atoms with Gasteiger partial charge in [0.1, 0.15) is 0 Å². The van der Waals surface area contributed by atoms with Crippen molar-refractivity contribution >= 4 is 15.7 Å². The smallest absolute Gasteiger partial charge is 0.236 e. The highest BCUT2D eigenvalue weighted by Crippen LogP contribution is 2.31. The Hall–Kier alpha value is -1.07. The van der Waals surface area contributed by atoms with E-state index in [0.717, 1.165) is 16.8 Å². The number of anilines is 1.